The van der Waals surface area contributed by atoms with Gasteiger partial charge in [-0.3, -0.25) is 0 Å². The van der Waals surface area contributed by atoms with Crippen LogP contribution in [0.25, 0.3) is 0 Å². The van der Waals surface area contributed by atoms with E-state index in [9.17, 15) is 0 Å². The number of rotatable bonds is 14. The molecule has 134 valence electrons. The maximum Gasteiger partial charge on any atom is 0.140 e. The van der Waals surface area contributed by atoms with Gasteiger partial charge in [0.25, 0.3) is 0 Å². The van der Waals surface area contributed by atoms with Gasteiger partial charge in [0, 0.05) is 18.6 Å². The first-order valence-corrected chi connectivity index (χ1v) is 11.5. The SMILES string of the molecule is CCCCCCCCC(CCC)(CCCOCC)C(Br)(Br)Br. The van der Waals surface area contributed by atoms with Crippen molar-refractivity contribution in [3.8, 4) is 0 Å². The van der Waals surface area contributed by atoms with E-state index in [-0.39, 0.29) is 7.56 Å². The van der Waals surface area contributed by atoms with Crippen molar-refractivity contribution in [2.75, 3.05) is 13.2 Å². The third kappa shape index (κ3) is 9.64. The van der Waals surface area contributed by atoms with Gasteiger partial charge >= 0.3 is 0 Å². The fraction of sp³-hybridized carbons (Fsp3) is 1.00. The lowest BCUT2D eigenvalue weighted by Crippen LogP contribution is -2.34. The van der Waals surface area contributed by atoms with Crippen LogP contribution < -0.4 is 0 Å². The molecule has 22 heavy (non-hydrogen) atoms. The number of ether oxygens (including phenoxy) is 1. The molecule has 0 spiro atoms. The Labute approximate surface area is 164 Å². The Balaban J connectivity index is 4.47. The fourth-order valence-corrected chi connectivity index (χ4v) is 4.96. The van der Waals surface area contributed by atoms with Gasteiger partial charge in [-0.2, -0.15) is 0 Å². The van der Waals surface area contributed by atoms with Crippen molar-refractivity contribution in [1.29, 1.82) is 0 Å². The van der Waals surface area contributed by atoms with Crippen LogP contribution in [0.15, 0.2) is 0 Å². The minimum atomic E-state index is -0.161. The molecule has 0 fully saturated rings. The number of halogens is 3. The van der Waals surface area contributed by atoms with E-state index in [4.69, 9.17) is 4.74 Å². The minimum absolute atomic E-state index is 0.161. The van der Waals surface area contributed by atoms with Gasteiger partial charge < -0.3 is 4.74 Å². The fourth-order valence-electron chi connectivity index (χ4n) is 3.18. The largest absolute Gasteiger partial charge is 0.382 e. The number of alkyl halides is 3. The van der Waals surface area contributed by atoms with Crippen molar-refractivity contribution >= 4 is 47.8 Å². The van der Waals surface area contributed by atoms with Gasteiger partial charge in [0.2, 0.25) is 0 Å². The summed E-state index contributed by atoms with van der Waals surface area (Å²) in [5.41, 5.74) is 0.254. The van der Waals surface area contributed by atoms with Crippen molar-refractivity contribution in [1.82, 2.24) is 0 Å². The van der Waals surface area contributed by atoms with Crippen LogP contribution in [-0.2, 0) is 4.74 Å². The maximum absolute atomic E-state index is 5.54. The Morgan fingerprint density at radius 1 is 0.682 bits per heavy atom. The summed E-state index contributed by atoms with van der Waals surface area (Å²) in [6.45, 7) is 8.33. The van der Waals surface area contributed by atoms with E-state index in [0.717, 1.165) is 19.6 Å². The first kappa shape index (κ1) is 23.4. The Morgan fingerprint density at radius 2 is 1.27 bits per heavy atom. The van der Waals surface area contributed by atoms with Crippen LogP contribution >= 0.6 is 47.8 Å². The van der Waals surface area contributed by atoms with Crippen LogP contribution in [0.4, 0.5) is 0 Å². The highest BCUT2D eigenvalue weighted by atomic mass is 80.0. The minimum Gasteiger partial charge on any atom is -0.382 e. The van der Waals surface area contributed by atoms with Crippen molar-refractivity contribution in [3.63, 3.8) is 0 Å². The second-order valence-electron chi connectivity index (χ2n) is 6.35. The Kier molecular flexibility index (Phi) is 14.5. The molecule has 0 aromatic heterocycles. The van der Waals surface area contributed by atoms with Crippen LogP contribution in [0.2, 0.25) is 0 Å². The second-order valence-corrected chi connectivity index (χ2v) is 13.1. The predicted molar refractivity (Wildman–Crippen MR) is 111 cm³/mol. The van der Waals surface area contributed by atoms with Crippen molar-refractivity contribution in [2.45, 2.75) is 93.5 Å². The van der Waals surface area contributed by atoms with Gasteiger partial charge in [-0.25, -0.2) is 0 Å². The lowest BCUT2D eigenvalue weighted by molar-refractivity contribution is 0.123. The van der Waals surface area contributed by atoms with Crippen LogP contribution in [0.1, 0.15) is 91.4 Å². The quantitative estimate of drug-likeness (QED) is 0.170. The molecule has 0 aromatic rings. The van der Waals surface area contributed by atoms with E-state index in [0.29, 0.717) is 0 Å². The highest BCUT2D eigenvalue weighted by Gasteiger charge is 2.44. The van der Waals surface area contributed by atoms with Crippen LogP contribution in [-0.4, -0.2) is 15.4 Å². The molecule has 0 aromatic carbocycles. The van der Waals surface area contributed by atoms with Gasteiger partial charge in [-0.05, 0) is 32.6 Å². The second kappa shape index (κ2) is 13.7. The van der Waals surface area contributed by atoms with Gasteiger partial charge in [-0.15, -0.1) is 0 Å². The van der Waals surface area contributed by atoms with Crippen molar-refractivity contribution in [2.24, 2.45) is 5.41 Å². The lowest BCUT2D eigenvalue weighted by atomic mass is 9.76. The zero-order valence-electron chi connectivity index (χ0n) is 14.7. The van der Waals surface area contributed by atoms with Gasteiger partial charge in [0.15, 0.2) is 0 Å². The monoisotopic (exact) mass is 504 g/mol. The maximum atomic E-state index is 5.54. The molecule has 0 aliphatic carbocycles. The van der Waals surface area contributed by atoms with E-state index < -0.39 is 0 Å². The summed E-state index contributed by atoms with van der Waals surface area (Å²) in [5, 5.41) is 0. The molecule has 4 heteroatoms. The summed E-state index contributed by atoms with van der Waals surface area (Å²) in [6, 6.07) is 0. The highest BCUT2D eigenvalue weighted by molar-refractivity contribution is 9.39. The van der Waals surface area contributed by atoms with Crippen LogP contribution in [0.3, 0.4) is 0 Å². The molecule has 0 bridgehead atoms. The Morgan fingerprint density at radius 3 is 1.82 bits per heavy atom. The molecule has 0 heterocycles. The number of unbranched alkanes of at least 4 members (excludes halogenated alkanes) is 5. The first-order valence-electron chi connectivity index (χ1n) is 9.08. The van der Waals surface area contributed by atoms with E-state index in [1.165, 1.54) is 64.2 Å². The van der Waals surface area contributed by atoms with Gasteiger partial charge in [0.05, 0.1) is 0 Å². The molecule has 0 radical (unpaired) electrons. The Hall–Kier alpha value is 1.40. The summed E-state index contributed by atoms with van der Waals surface area (Å²) in [5.74, 6) is 0. The smallest absolute Gasteiger partial charge is 0.140 e. The molecular weight excluding hydrogens is 472 g/mol. The zero-order valence-corrected chi connectivity index (χ0v) is 19.5. The third-order valence-electron chi connectivity index (χ3n) is 4.49. The lowest BCUT2D eigenvalue weighted by Gasteiger charge is -2.41. The average molecular weight is 507 g/mol. The molecule has 0 rings (SSSR count). The summed E-state index contributed by atoms with van der Waals surface area (Å²) in [6.07, 6.45) is 14.2. The molecule has 0 N–H and O–H groups in total. The normalized spacial score (nSPS) is 15.0. The predicted octanol–water partition coefficient (Wildman–Crippen LogP) is 8.18. The molecular formula is C18H35Br3O. The van der Waals surface area contributed by atoms with Crippen LogP contribution in [0.5, 0.6) is 0 Å². The average Bonchev–Trinajstić information content (AvgIpc) is 2.45. The molecule has 1 unspecified atom stereocenters. The van der Waals surface area contributed by atoms with Crippen molar-refractivity contribution in [3.05, 3.63) is 0 Å². The van der Waals surface area contributed by atoms with Gasteiger partial charge in [-0.1, -0.05) is 107 Å². The molecule has 0 aliphatic heterocycles. The highest BCUT2D eigenvalue weighted by Crippen LogP contribution is 2.57. The van der Waals surface area contributed by atoms with Gasteiger partial charge in [0.1, 0.15) is 2.14 Å². The third-order valence-corrected chi connectivity index (χ3v) is 7.01. The summed E-state index contributed by atoms with van der Waals surface area (Å²) >= 11 is 11.6. The van der Waals surface area contributed by atoms with E-state index in [1.54, 1.807) is 0 Å². The molecule has 1 atom stereocenters. The molecule has 0 amide bonds. The molecule has 1 nitrogen and oxygen atoms in total. The number of hydrogen-bond donors (Lipinski definition) is 0. The molecule has 0 saturated heterocycles. The standard InChI is InChI=1S/C18H35Br3O/c1-4-7-8-9-10-11-14-17(13-5-2,18(19,20)21)15-12-16-22-6-3/h4-16H2,1-3H3. The summed E-state index contributed by atoms with van der Waals surface area (Å²) in [4.78, 5) is 0. The summed E-state index contributed by atoms with van der Waals surface area (Å²) in [7, 11) is 0. The first-order chi connectivity index (χ1) is 10.4. The van der Waals surface area contributed by atoms with E-state index >= 15 is 0 Å². The molecule has 0 saturated carbocycles. The number of hydrogen-bond acceptors (Lipinski definition) is 1. The topological polar surface area (TPSA) is 9.23 Å². The van der Waals surface area contributed by atoms with E-state index in [2.05, 4.69) is 68.6 Å². The summed E-state index contributed by atoms with van der Waals surface area (Å²) < 4.78 is 5.38. The van der Waals surface area contributed by atoms with Crippen molar-refractivity contribution < 1.29 is 4.74 Å². The van der Waals surface area contributed by atoms with Crippen LogP contribution in [0, 0.1) is 5.41 Å². The Bertz CT molecular complexity index is 253. The zero-order chi connectivity index (χ0) is 16.9. The van der Waals surface area contributed by atoms with E-state index in [1.807, 2.05) is 0 Å². The molecule has 0 aliphatic rings.